The summed E-state index contributed by atoms with van der Waals surface area (Å²) < 4.78 is 19.0. The van der Waals surface area contributed by atoms with Gasteiger partial charge in [0.2, 0.25) is 5.91 Å². The van der Waals surface area contributed by atoms with E-state index in [9.17, 15) is 9.18 Å². The Morgan fingerprint density at radius 1 is 1.43 bits per heavy atom. The number of fused-ring (bicyclic) bond motifs is 2. The van der Waals surface area contributed by atoms with E-state index in [0.717, 1.165) is 48.2 Å². The Balaban J connectivity index is 1.52. The van der Waals surface area contributed by atoms with Crippen LogP contribution >= 0.6 is 0 Å². The van der Waals surface area contributed by atoms with Crippen molar-refractivity contribution in [2.24, 2.45) is 0 Å². The van der Waals surface area contributed by atoms with E-state index in [1.54, 1.807) is 12.1 Å². The second-order valence-electron chi connectivity index (χ2n) is 6.47. The molecule has 0 radical (unpaired) electrons. The van der Waals surface area contributed by atoms with E-state index >= 15 is 0 Å². The smallest absolute Gasteiger partial charge is 0.246 e. The molecule has 3 heterocycles. The zero-order chi connectivity index (χ0) is 16.0. The van der Waals surface area contributed by atoms with Gasteiger partial charge in [-0.3, -0.25) is 9.69 Å². The number of carbonyl (C=O) groups is 1. The molecule has 2 aliphatic rings. The molecule has 1 aromatic heterocycles. The van der Waals surface area contributed by atoms with Crippen LogP contribution < -0.4 is 5.32 Å². The molecule has 2 aliphatic heterocycles. The number of H-pyrrole nitrogens is 1. The van der Waals surface area contributed by atoms with Gasteiger partial charge in [0.05, 0.1) is 12.1 Å². The first-order valence-corrected chi connectivity index (χ1v) is 8.00. The molecule has 5 nitrogen and oxygen atoms in total. The van der Waals surface area contributed by atoms with Gasteiger partial charge in [-0.2, -0.15) is 0 Å². The molecule has 0 spiro atoms. The average molecular weight is 317 g/mol. The van der Waals surface area contributed by atoms with E-state index in [1.165, 1.54) is 6.07 Å². The number of morpholine rings is 1. The van der Waals surface area contributed by atoms with Crippen molar-refractivity contribution < 1.29 is 13.9 Å². The molecule has 2 fully saturated rings. The monoisotopic (exact) mass is 317 g/mol. The summed E-state index contributed by atoms with van der Waals surface area (Å²) in [6.45, 7) is 4.67. The van der Waals surface area contributed by atoms with Crippen molar-refractivity contribution in [1.29, 1.82) is 0 Å². The highest BCUT2D eigenvalue weighted by atomic mass is 19.1. The quantitative estimate of drug-likeness (QED) is 0.886. The summed E-state index contributed by atoms with van der Waals surface area (Å²) >= 11 is 0. The summed E-state index contributed by atoms with van der Waals surface area (Å²) in [4.78, 5) is 17.2. The molecular formula is C17H20FN3O2. The van der Waals surface area contributed by atoms with Crippen molar-refractivity contribution in [1.82, 2.24) is 15.2 Å². The van der Waals surface area contributed by atoms with Gasteiger partial charge >= 0.3 is 0 Å². The molecule has 122 valence electrons. The van der Waals surface area contributed by atoms with Gasteiger partial charge in [-0.25, -0.2) is 4.39 Å². The van der Waals surface area contributed by atoms with Gasteiger partial charge in [-0.15, -0.1) is 0 Å². The Morgan fingerprint density at radius 3 is 3.17 bits per heavy atom. The van der Waals surface area contributed by atoms with Gasteiger partial charge < -0.3 is 15.0 Å². The first-order chi connectivity index (χ1) is 11.1. The second-order valence-corrected chi connectivity index (χ2v) is 6.47. The van der Waals surface area contributed by atoms with E-state index in [1.807, 2.05) is 6.92 Å². The number of aromatic nitrogens is 1. The first-order valence-electron chi connectivity index (χ1n) is 8.00. The van der Waals surface area contributed by atoms with Crippen molar-refractivity contribution in [3.63, 3.8) is 0 Å². The topological polar surface area (TPSA) is 57.4 Å². The first kappa shape index (κ1) is 14.7. The lowest BCUT2D eigenvalue weighted by Gasteiger charge is -2.41. The van der Waals surface area contributed by atoms with Crippen LogP contribution in [-0.4, -0.2) is 47.6 Å². The lowest BCUT2D eigenvalue weighted by Crippen LogP contribution is -2.60. The maximum atomic E-state index is 13.4. The number of halogens is 1. The van der Waals surface area contributed by atoms with E-state index in [4.69, 9.17) is 4.74 Å². The molecule has 6 heteroatoms. The fourth-order valence-electron chi connectivity index (χ4n) is 3.65. The number of ether oxygens (including phenoxy) is 1. The lowest BCUT2D eigenvalue weighted by molar-refractivity contribution is -0.140. The molecule has 4 rings (SSSR count). The van der Waals surface area contributed by atoms with E-state index in [-0.39, 0.29) is 30.5 Å². The number of carbonyl (C=O) groups excluding carboxylic acids is 1. The molecule has 1 amide bonds. The minimum absolute atomic E-state index is 0.0367. The number of aryl methyl sites for hydroxylation is 1. The third kappa shape index (κ3) is 2.72. The number of rotatable bonds is 2. The minimum atomic E-state index is -0.214. The van der Waals surface area contributed by atoms with Gasteiger partial charge in [-0.1, -0.05) is 0 Å². The fraction of sp³-hybridized carbons (Fsp3) is 0.471. The molecular weight excluding hydrogens is 297 g/mol. The number of aromatic amines is 1. The molecule has 2 atom stereocenters. The van der Waals surface area contributed by atoms with Crippen LogP contribution in [0.4, 0.5) is 4.39 Å². The SMILES string of the molecule is Cc1c(CN2CC[C@H]3OCC(=O)N[C@H]3C2)[nH]c2ccc(F)cc12. The maximum absolute atomic E-state index is 13.4. The van der Waals surface area contributed by atoms with Crippen molar-refractivity contribution in [2.75, 3.05) is 19.7 Å². The number of hydrogen-bond acceptors (Lipinski definition) is 3. The highest BCUT2D eigenvalue weighted by molar-refractivity contribution is 5.84. The van der Waals surface area contributed by atoms with Gasteiger partial charge in [0, 0.05) is 36.2 Å². The van der Waals surface area contributed by atoms with Gasteiger partial charge in [0.1, 0.15) is 12.4 Å². The van der Waals surface area contributed by atoms with Gasteiger partial charge in [-0.05, 0) is 37.1 Å². The lowest BCUT2D eigenvalue weighted by atomic mass is 10.00. The summed E-state index contributed by atoms with van der Waals surface area (Å²) in [6, 6.07) is 4.89. The minimum Gasteiger partial charge on any atom is -0.366 e. The predicted octanol–water partition coefficient (Wildman–Crippen LogP) is 1.70. The van der Waals surface area contributed by atoms with Crippen LogP contribution in [0.3, 0.4) is 0 Å². The third-order valence-corrected chi connectivity index (χ3v) is 4.91. The molecule has 1 aromatic carbocycles. The number of likely N-dealkylation sites (tertiary alicyclic amines) is 1. The summed E-state index contributed by atoms with van der Waals surface area (Å²) in [5.41, 5.74) is 3.15. The standard InChI is InChI=1S/C17H20FN3O2/c1-10-12-6-11(18)2-3-13(12)19-14(10)7-21-5-4-16-15(8-21)20-17(22)9-23-16/h2-3,6,15-16,19H,4-5,7-9H2,1H3,(H,20,22)/t15-,16+/m0/s1. The number of piperidine rings is 1. The van der Waals surface area contributed by atoms with Crippen LogP contribution in [0.2, 0.25) is 0 Å². The summed E-state index contributed by atoms with van der Waals surface area (Å²) in [5.74, 6) is -0.251. The molecule has 0 saturated carbocycles. The van der Waals surface area contributed by atoms with E-state index < -0.39 is 0 Å². The Kier molecular flexibility index (Phi) is 3.58. The largest absolute Gasteiger partial charge is 0.366 e. The second kappa shape index (κ2) is 5.62. The van der Waals surface area contributed by atoms with Crippen LogP contribution in [-0.2, 0) is 16.1 Å². The Bertz CT molecular complexity index is 758. The van der Waals surface area contributed by atoms with Crippen LogP contribution in [0.15, 0.2) is 18.2 Å². The average Bonchev–Trinajstić information content (AvgIpc) is 2.83. The molecule has 2 saturated heterocycles. The summed E-state index contributed by atoms with van der Waals surface area (Å²) in [6.07, 6.45) is 1.04. The fourth-order valence-corrected chi connectivity index (χ4v) is 3.65. The molecule has 2 aromatic rings. The molecule has 23 heavy (non-hydrogen) atoms. The molecule has 0 aliphatic carbocycles. The highest BCUT2D eigenvalue weighted by Gasteiger charge is 2.34. The number of nitrogens with zero attached hydrogens (tertiary/aromatic N) is 1. The van der Waals surface area contributed by atoms with Gasteiger partial charge in [0.25, 0.3) is 0 Å². The molecule has 0 unspecified atom stereocenters. The van der Waals surface area contributed by atoms with Crippen LogP contribution in [0.1, 0.15) is 17.7 Å². The van der Waals surface area contributed by atoms with Crippen LogP contribution in [0.25, 0.3) is 10.9 Å². The third-order valence-electron chi connectivity index (χ3n) is 4.91. The number of amides is 1. The maximum Gasteiger partial charge on any atom is 0.246 e. The van der Waals surface area contributed by atoms with Crippen molar-refractivity contribution in [2.45, 2.75) is 32.0 Å². The van der Waals surface area contributed by atoms with E-state index in [0.29, 0.717) is 0 Å². The predicted molar refractivity (Wildman–Crippen MR) is 84.6 cm³/mol. The Hall–Kier alpha value is -1.92. The number of nitrogens with one attached hydrogen (secondary N) is 2. The molecule has 0 bridgehead atoms. The molecule has 2 N–H and O–H groups in total. The number of hydrogen-bond donors (Lipinski definition) is 2. The van der Waals surface area contributed by atoms with Crippen molar-refractivity contribution in [3.05, 3.63) is 35.3 Å². The Labute approximate surface area is 133 Å². The van der Waals surface area contributed by atoms with Gasteiger partial charge in [0.15, 0.2) is 0 Å². The van der Waals surface area contributed by atoms with Crippen LogP contribution in [0.5, 0.6) is 0 Å². The normalized spacial score (nSPS) is 25.4. The highest BCUT2D eigenvalue weighted by Crippen LogP contribution is 2.25. The Morgan fingerprint density at radius 2 is 2.30 bits per heavy atom. The van der Waals surface area contributed by atoms with E-state index in [2.05, 4.69) is 15.2 Å². The van der Waals surface area contributed by atoms with Crippen molar-refractivity contribution in [3.8, 4) is 0 Å². The van der Waals surface area contributed by atoms with Crippen molar-refractivity contribution >= 4 is 16.8 Å². The zero-order valence-electron chi connectivity index (χ0n) is 13.1. The van der Waals surface area contributed by atoms with Crippen LogP contribution in [0, 0.1) is 12.7 Å². The summed E-state index contributed by atoms with van der Waals surface area (Å²) in [5, 5.41) is 3.95. The summed E-state index contributed by atoms with van der Waals surface area (Å²) in [7, 11) is 0. The zero-order valence-corrected chi connectivity index (χ0v) is 13.1. The number of benzene rings is 1.